The SMILES string of the molecule is COc1ccc(-c2ncc(CNC(C)C)s2)c(F)c1. The van der Waals surface area contributed by atoms with Crippen molar-refractivity contribution in [1.82, 2.24) is 10.3 Å². The molecule has 19 heavy (non-hydrogen) atoms. The first-order valence-corrected chi connectivity index (χ1v) is 6.94. The number of hydrogen-bond acceptors (Lipinski definition) is 4. The first-order valence-electron chi connectivity index (χ1n) is 6.12. The average molecular weight is 280 g/mol. The lowest BCUT2D eigenvalue weighted by atomic mass is 10.2. The fourth-order valence-corrected chi connectivity index (χ4v) is 2.50. The zero-order valence-electron chi connectivity index (χ0n) is 11.2. The Morgan fingerprint density at radius 2 is 2.21 bits per heavy atom. The lowest BCUT2D eigenvalue weighted by molar-refractivity contribution is 0.411. The maximum atomic E-state index is 13.9. The molecule has 0 saturated carbocycles. The molecule has 0 atom stereocenters. The number of nitrogens with one attached hydrogen (secondary N) is 1. The van der Waals surface area contributed by atoms with E-state index in [-0.39, 0.29) is 5.82 Å². The summed E-state index contributed by atoms with van der Waals surface area (Å²) in [5, 5.41) is 4.01. The molecule has 0 bridgehead atoms. The van der Waals surface area contributed by atoms with Crippen LogP contribution in [0.1, 0.15) is 18.7 Å². The summed E-state index contributed by atoms with van der Waals surface area (Å²) in [7, 11) is 1.52. The van der Waals surface area contributed by atoms with Crippen LogP contribution in [0.25, 0.3) is 10.6 Å². The zero-order chi connectivity index (χ0) is 13.8. The van der Waals surface area contributed by atoms with E-state index in [2.05, 4.69) is 24.1 Å². The Labute approximate surface area is 116 Å². The van der Waals surface area contributed by atoms with Gasteiger partial charge in [0.25, 0.3) is 0 Å². The Kier molecular flexibility index (Phi) is 4.50. The molecule has 2 rings (SSSR count). The highest BCUT2D eigenvalue weighted by atomic mass is 32.1. The Morgan fingerprint density at radius 3 is 2.84 bits per heavy atom. The second kappa shape index (κ2) is 6.12. The summed E-state index contributed by atoms with van der Waals surface area (Å²) >= 11 is 1.50. The topological polar surface area (TPSA) is 34.1 Å². The minimum atomic E-state index is -0.308. The van der Waals surface area contributed by atoms with Crippen LogP contribution < -0.4 is 10.1 Å². The van der Waals surface area contributed by atoms with E-state index in [0.29, 0.717) is 22.4 Å². The average Bonchev–Trinajstić information content (AvgIpc) is 2.84. The Bertz CT molecular complexity index is 554. The summed E-state index contributed by atoms with van der Waals surface area (Å²) in [4.78, 5) is 5.37. The smallest absolute Gasteiger partial charge is 0.137 e. The third-order valence-corrected chi connectivity index (χ3v) is 3.68. The molecule has 0 radical (unpaired) electrons. The van der Waals surface area contributed by atoms with Crippen molar-refractivity contribution in [2.24, 2.45) is 0 Å². The number of benzene rings is 1. The summed E-state index contributed by atoms with van der Waals surface area (Å²) < 4.78 is 18.9. The van der Waals surface area contributed by atoms with Gasteiger partial charge in [0.15, 0.2) is 0 Å². The van der Waals surface area contributed by atoms with E-state index in [1.165, 1.54) is 24.5 Å². The van der Waals surface area contributed by atoms with Crippen LogP contribution in [0.2, 0.25) is 0 Å². The Morgan fingerprint density at radius 1 is 1.42 bits per heavy atom. The molecule has 1 heterocycles. The van der Waals surface area contributed by atoms with E-state index in [0.717, 1.165) is 11.4 Å². The van der Waals surface area contributed by atoms with E-state index in [4.69, 9.17) is 4.74 Å². The van der Waals surface area contributed by atoms with Crippen LogP contribution in [-0.4, -0.2) is 18.1 Å². The summed E-state index contributed by atoms with van der Waals surface area (Å²) in [6, 6.07) is 5.24. The number of nitrogens with zero attached hydrogens (tertiary/aromatic N) is 1. The van der Waals surface area contributed by atoms with Crippen molar-refractivity contribution in [3.8, 4) is 16.3 Å². The largest absolute Gasteiger partial charge is 0.497 e. The highest BCUT2D eigenvalue weighted by Crippen LogP contribution is 2.29. The van der Waals surface area contributed by atoms with Gasteiger partial charge in [-0.3, -0.25) is 0 Å². The third-order valence-electron chi connectivity index (χ3n) is 2.64. The molecule has 0 saturated heterocycles. The number of ether oxygens (including phenoxy) is 1. The fourth-order valence-electron chi connectivity index (χ4n) is 1.61. The number of rotatable bonds is 5. The first-order chi connectivity index (χ1) is 9.10. The van der Waals surface area contributed by atoms with Gasteiger partial charge in [-0.15, -0.1) is 11.3 Å². The summed E-state index contributed by atoms with van der Waals surface area (Å²) in [5.41, 5.74) is 0.515. The fraction of sp³-hybridized carbons (Fsp3) is 0.357. The molecule has 0 amide bonds. The summed E-state index contributed by atoms with van der Waals surface area (Å²) in [6.07, 6.45) is 1.79. The minimum absolute atomic E-state index is 0.308. The summed E-state index contributed by atoms with van der Waals surface area (Å²) in [6.45, 7) is 4.93. The molecule has 0 fully saturated rings. The molecule has 1 aromatic carbocycles. The van der Waals surface area contributed by atoms with Crippen LogP contribution in [0.5, 0.6) is 5.75 Å². The monoisotopic (exact) mass is 280 g/mol. The van der Waals surface area contributed by atoms with Crippen molar-refractivity contribution in [3.05, 3.63) is 35.1 Å². The van der Waals surface area contributed by atoms with Gasteiger partial charge in [-0.05, 0) is 12.1 Å². The van der Waals surface area contributed by atoms with Gasteiger partial charge in [-0.1, -0.05) is 13.8 Å². The minimum Gasteiger partial charge on any atom is -0.497 e. The molecule has 0 spiro atoms. The van der Waals surface area contributed by atoms with Crippen LogP contribution in [0.4, 0.5) is 4.39 Å². The predicted molar refractivity (Wildman–Crippen MR) is 76.0 cm³/mol. The molecule has 0 unspecified atom stereocenters. The summed E-state index contributed by atoms with van der Waals surface area (Å²) in [5.74, 6) is 0.205. The Balaban J connectivity index is 2.18. The van der Waals surface area contributed by atoms with Crippen molar-refractivity contribution >= 4 is 11.3 Å². The quantitative estimate of drug-likeness (QED) is 0.910. The zero-order valence-corrected chi connectivity index (χ0v) is 12.1. The molecule has 1 aromatic heterocycles. The maximum absolute atomic E-state index is 13.9. The molecule has 2 aromatic rings. The van der Waals surface area contributed by atoms with Gasteiger partial charge >= 0.3 is 0 Å². The lowest BCUT2D eigenvalue weighted by Gasteiger charge is -2.05. The van der Waals surface area contributed by atoms with Crippen LogP contribution in [-0.2, 0) is 6.54 Å². The molecule has 102 valence electrons. The molecule has 5 heteroatoms. The highest BCUT2D eigenvalue weighted by molar-refractivity contribution is 7.15. The van der Waals surface area contributed by atoms with Gasteiger partial charge in [-0.2, -0.15) is 0 Å². The molecular weight excluding hydrogens is 263 g/mol. The van der Waals surface area contributed by atoms with Crippen LogP contribution in [0.3, 0.4) is 0 Å². The second-order valence-electron chi connectivity index (χ2n) is 4.51. The van der Waals surface area contributed by atoms with Gasteiger partial charge in [0.05, 0.1) is 7.11 Å². The molecule has 0 aliphatic heterocycles. The molecule has 0 aliphatic carbocycles. The number of methoxy groups -OCH3 is 1. The first kappa shape index (κ1) is 14.0. The standard InChI is InChI=1S/C14H17FN2OS/c1-9(2)16-7-11-8-17-14(19-11)12-5-4-10(18-3)6-13(12)15/h4-6,8-9,16H,7H2,1-3H3. The van der Waals surface area contributed by atoms with Crippen molar-refractivity contribution in [2.75, 3.05) is 7.11 Å². The van der Waals surface area contributed by atoms with Crippen molar-refractivity contribution < 1.29 is 9.13 Å². The lowest BCUT2D eigenvalue weighted by Crippen LogP contribution is -2.21. The molecular formula is C14H17FN2OS. The number of hydrogen-bond donors (Lipinski definition) is 1. The van der Waals surface area contributed by atoms with E-state index < -0.39 is 0 Å². The number of aromatic nitrogens is 1. The van der Waals surface area contributed by atoms with E-state index in [1.54, 1.807) is 18.3 Å². The van der Waals surface area contributed by atoms with E-state index in [1.807, 2.05) is 0 Å². The van der Waals surface area contributed by atoms with E-state index in [9.17, 15) is 4.39 Å². The van der Waals surface area contributed by atoms with Gasteiger partial charge in [0.2, 0.25) is 0 Å². The normalized spacial score (nSPS) is 11.0. The van der Waals surface area contributed by atoms with Gasteiger partial charge in [0.1, 0.15) is 16.6 Å². The van der Waals surface area contributed by atoms with Gasteiger partial charge in [0, 0.05) is 35.3 Å². The van der Waals surface area contributed by atoms with Crippen LogP contribution in [0.15, 0.2) is 24.4 Å². The highest BCUT2D eigenvalue weighted by Gasteiger charge is 2.11. The van der Waals surface area contributed by atoms with Crippen molar-refractivity contribution in [1.29, 1.82) is 0 Å². The number of halogens is 1. The van der Waals surface area contributed by atoms with Crippen LogP contribution >= 0.6 is 11.3 Å². The molecule has 1 N–H and O–H groups in total. The second-order valence-corrected chi connectivity index (χ2v) is 5.63. The molecule has 0 aliphatic rings. The van der Waals surface area contributed by atoms with Crippen molar-refractivity contribution in [3.63, 3.8) is 0 Å². The Hall–Kier alpha value is -1.46. The van der Waals surface area contributed by atoms with E-state index >= 15 is 0 Å². The number of thiazole rings is 1. The van der Waals surface area contributed by atoms with Gasteiger partial charge < -0.3 is 10.1 Å². The molecule has 3 nitrogen and oxygen atoms in total. The van der Waals surface area contributed by atoms with Gasteiger partial charge in [-0.25, -0.2) is 9.37 Å². The maximum Gasteiger partial charge on any atom is 0.137 e. The predicted octanol–water partition coefficient (Wildman–Crippen LogP) is 3.46. The third kappa shape index (κ3) is 3.52. The van der Waals surface area contributed by atoms with Crippen LogP contribution in [0, 0.1) is 5.82 Å². The van der Waals surface area contributed by atoms with Crippen molar-refractivity contribution in [2.45, 2.75) is 26.4 Å².